The average Bonchev–Trinajstić information content (AvgIpc) is 2.87. The van der Waals surface area contributed by atoms with Crippen molar-refractivity contribution < 1.29 is 19.1 Å². The maximum Gasteiger partial charge on any atom is 0.318 e. The van der Waals surface area contributed by atoms with Gasteiger partial charge in [0.2, 0.25) is 0 Å². The van der Waals surface area contributed by atoms with Gasteiger partial charge in [0.1, 0.15) is 17.4 Å². The first-order valence-electron chi connectivity index (χ1n) is 11.4. The number of para-hydroxylation sites is 2. The lowest BCUT2D eigenvalue weighted by Crippen LogP contribution is -2.29. The number of anilines is 2. The number of amides is 1. The molecule has 5 rings (SSSR count). The highest BCUT2D eigenvalue weighted by atomic mass is 16.5. The molecule has 0 spiro atoms. The van der Waals surface area contributed by atoms with E-state index in [1.54, 1.807) is 0 Å². The fourth-order valence-corrected chi connectivity index (χ4v) is 4.49. The molecule has 0 bridgehead atoms. The summed E-state index contributed by atoms with van der Waals surface area (Å²) in [5, 5.41) is 2.81. The summed E-state index contributed by atoms with van der Waals surface area (Å²) in [4.78, 5) is 27.9. The first kappa shape index (κ1) is 21.1. The Morgan fingerprint density at radius 1 is 0.848 bits per heavy atom. The van der Waals surface area contributed by atoms with Crippen molar-refractivity contribution in [1.82, 2.24) is 0 Å². The summed E-state index contributed by atoms with van der Waals surface area (Å²) in [5.41, 5.74) is 3.30. The number of fused-ring (bicyclic) bond motifs is 2. The maximum absolute atomic E-state index is 13.0. The molecule has 3 aromatic carbocycles. The summed E-state index contributed by atoms with van der Waals surface area (Å²) in [6.45, 7) is 1.79. The number of rotatable bonds is 5. The van der Waals surface area contributed by atoms with Crippen molar-refractivity contribution in [3.8, 4) is 11.5 Å². The summed E-state index contributed by atoms with van der Waals surface area (Å²) in [6.07, 6.45) is 3.71. The van der Waals surface area contributed by atoms with Crippen molar-refractivity contribution in [3.05, 3.63) is 83.9 Å². The van der Waals surface area contributed by atoms with Crippen molar-refractivity contribution in [2.24, 2.45) is 0 Å². The van der Waals surface area contributed by atoms with Gasteiger partial charge in [-0.3, -0.25) is 9.59 Å². The van der Waals surface area contributed by atoms with Crippen LogP contribution in [0, 0.1) is 0 Å². The van der Waals surface area contributed by atoms with Gasteiger partial charge in [-0.25, -0.2) is 0 Å². The van der Waals surface area contributed by atoms with Crippen LogP contribution >= 0.6 is 0 Å². The topological polar surface area (TPSA) is 67.9 Å². The van der Waals surface area contributed by atoms with Gasteiger partial charge in [-0.05, 0) is 55.7 Å². The largest absolute Gasteiger partial charge is 0.457 e. The minimum Gasteiger partial charge on any atom is -0.457 e. The van der Waals surface area contributed by atoms with E-state index < -0.39 is 11.9 Å². The Morgan fingerprint density at radius 3 is 2.09 bits per heavy atom. The lowest BCUT2D eigenvalue weighted by molar-refractivity contribution is -0.148. The molecule has 33 heavy (non-hydrogen) atoms. The lowest BCUT2D eigenvalue weighted by Gasteiger charge is -2.28. The van der Waals surface area contributed by atoms with Crippen molar-refractivity contribution in [3.63, 3.8) is 0 Å². The molecule has 0 saturated carbocycles. The van der Waals surface area contributed by atoms with Gasteiger partial charge in [0.05, 0.1) is 0 Å². The zero-order chi connectivity index (χ0) is 22.6. The molecule has 0 unspecified atom stereocenters. The van der Waals surface area contributed by atoms with Crippen molar-refractivity contribution in [2.75, 3.05) is 29.9 Å². The SMILES string of the molecule is O=C(COC(=O)C1c2ccccc2Oc2ccccc21)Nc1ccc(N2CCCCC2)cc1. The number of nitrogens with zero attached hydrogens (tertiary/aromatic N) is 1. The molecule has 1 fully saturated rings. The monoisotopic (exact) mass is 442 g/mol. The molecule has 2 aliphatic heterocycles. The van der Waals surface area contributed by atoms with Crippen LogP contribution < -0.4 is 15.0 Å². The van der Waals surface area contributed by atoms with Crippen LogP contribution in [0.3, 0.4) is 0 Å². The molecule has 3 aromatic rings. The van der Waals surface area contributed by atoms with Crippen LogP contribution in [0.25, 0.3) is 0 Å². The van der Waals surface area contributed by atoms with Crippen LogP contribution in [0.2, 0.25) is 0 Å². The molecule has 6 heteroatoms. The third-order valence-corrected chi connectivity index (χ3v) is 6.13. The van der Waals surface area contributed by atoms with Crippen LogP contribution in [0.5, 0.6) is 11.5 Å². The Balaban J connectivity index is 1.22. The van der Waals surface area contributed by atoms with E-state index in [1.807, 2.05) is 72.8 Å². The summed E-state index contributed by atoms with van der Waals surface area (Å²) in [7, 11) is 0. The van der Waals surface area contributed by atoms with E-state index in [4.69, 9.17) is 9.47 Å². The third-order valence-electron chi connectivity index (χ3n) is 6.13. The Morgan fingerprint density at radius 2 is 1.45 bits per heavy atom. The summed E-state index contributed by atoms with van der Waals surface area (Å²) < 4.78 is 11.4. The summed E-state index contributed by atoms with van der Waals surface area (Å²) in [6, 6.07) is 22.6. The molecule has 0 radical (unpaired) electrons. The number of carbonyl (C=O) groups is 2. The predicted octanol–water partition coefficient (Wildman–Crippen LogP) is 5.10. The zero-order valence-electron chi connectivity index (χ0n) is 18.3. The summed E-state index contributed by atoms with van der Waals surface area (Å²) in [5.74, 6) is -0.243. The van der Waals surface area contributed by atoms with Gasteiger partial charge < -0.3 is 19.7 Å². The molecule has 1 amide bonds. The fraction of sp³-hybridized carbons (Fsp3) is 0.259. The second-order valence-corrected chi connectivity index (χ2v) is 8.36. The van der Waals surface area contributed by atoms with Crippen LogP contribution in [0.4, 0.5) is 11.4 Å². The van der Waals surface area contributed by atoms with Gasteiger partial charge >= 0.3 is 5.97 Å². The first-order valence-corrected chi connectivity index (χ1v) is 11.4. The van der Waals surface area contributed by atoms with Gasteiger partial charge in [0.25, 0.3) is 5.91 Å². The zero-order valence-corrected chi connectivity index (χ0v) is 18.3. The molecule has 0 atom stereocenters. The van der Waals surface area contributed by atoms with Gasteiger partial charge in [-0.1, -0.05) is 36.4 Å². The van der Waals surface area contributed by atoms with Crippen molar-refractivity contribution >= 4 is 23.3 Å². The van der Waals surface area contributed by atoms with Crippen molar-refractivity contribution in [1.29, 1.82) is 0 Å². The molecule has 2 heterocycles. The third kappa shape index (κ3) is 4.55. The van der Waals surface area contributed by atoms with Gasteiger partial charge in [0, 0.05) is 35.6 Å². The number of hydrogen-bond donors (Lipinski definition) is 1. The molecule has 168 valence electrons. The second kappa shape index (κ2) is 9.36. The van der Waals surface area contributed by atoms with Crippen LogP contribution in [-0.2, 0) is 14.3 Å². The van der Waals surface area contributed by atoms with E-state index in [2.05, 4.69) is 10.2 Å². The normalized spacial score (nSPS) is 15.1. The quantitative estimate of drug-likeness (QED) is 0.557. The number of carbonyl (C=O) groups excluding carboxylic acids is 2. The number of benzene rings is 3. The second-order valence-electron chi connectivity index (χ2n) is 8.36. The smallest absolute Gasteiger partial charge is 0.318 e. The highest BCUT2D eigenvalue weighted by Crippen LogP contribution is 2.44. The maximum atomic E-state index is 13.0. The highest BCUT2D eigenvalue weighted by molar-refractivity contribution is 5.94. The number of nitrogens with one attached hydrogen (secondary N) is 1. The van der Waals surface area contributed by atoms with Crippen LogP contribution in [0.15, 0.2) is 72.8 Å². The molecule has 1 saturated heterocycles. The van der Waals surface area contributed by atoms with Gasteiger partial charge in [-0.15, -0.1) is 0 Å². The van der Waals surface area contributed by atoms with E-state index in [0.29, 0.717) is 17.2 Å². The molecule has 2 aliphatic rings. The standard InChI is InChI=1S/C27H26N2O4/c30-25(28-19-12-14-20(15-13-19)29-16-6-1-7-17-29)18-32-27(31)26-21-8-2-4-10-23(21)33-24-11-5-3-9-22(24)26/h2-5,8-15,26H,1,6-7,16-18H2,(H,28,30). The van der Waals surface area contributed by atoms with E-state index >= 15 is 0 Å². The van der Waals surface area contributed by atoms with Gasteiger partial charge in [0.15, 0.2) is 6.61 Å². The number of hydrogen-bond acceptors (Lipinski definition) is 5. The minimum atomic E-state index is -0.636. The van der Waals surface area contributed by atoms with Crippen LogP contribution in [-0.4, -0.2) is 31.6 Å². The van der Waals surface area contributed by atoms with Crippen LogP contribution in [0.1, 0.15) is 36.3 Å². The minimum absolute atomic E-state index is 0.353. The molecule has 1 N–H and O–H groups in total. The fourth-order valence-electron chi connectivity index (χ4n) is 4.49. The molecule has 0 aliphatic carbocycles. The molecule has 0 aromatic heterocycles. The van der Waals surface area contributed by atoms with Crippen molar-refractivity contribution in [2.45, 2.75) is 25.2 Å². The average molecular weight is 443 g/mol. The molecular weight excluding hydrogens is 416 g/mol. The van der Waals surface area contributed by atoms with E-state index in [1.165, 1.54) is 19.3 Å². The Labute approximate surface area is 193 Å². The number of piperidine rings is 1. The van der Waals surface area contributed by atoms with Gasteiger partial charge in [-0.2, -0.15) is 0 Å². The van der Waals surface area contributed by atoms with E-state index in [0.717, 1.165) is 29.9 Å². The van der Waals surface area contributed by atoms with E-state index in [9.17, 15) is 9.59 Å². The Hall–Kier alpha value is -3.80. The Bertz CT molecular complexity index is 1110. The van der Waals surface area contributed by atoms with E-state index in [-0.39, 0.29) is 12.5 Å². The molecule has 6 nitrogen and oxygen atoms in total. The number of ether oxygens (including phenoxy) is 2. The lowest BCUT2D eigenvalue weighted by atomic mass is 9.88. The highest BCUT2D eigenvalue weighted by Gasteiger charge is 2.33. The first-order chi connectivity index (χ1) is 16.2. The number of esters is 1. The molecular formula is C27H26N2O4. The summed E-state index contributed by atoms with van der Waals surface area (Å²) >= 11 is 0. The predicted molar refractivity (Wildman–Crippen MR) is 127 cm³/mol. The Kier molecular flexibility index (Phi) is 5.98.